The summed E-state index contributed by atoms with van der Waals surface area (Å²) in [5.41, 5.74) is 2.29. The minimum absolute atomic E-state index is 0.311. The van der Waals surface area contributed by atoms with Gasteiger partial charge in [0.05, 0.1) is 0 Å². The lowest BCUT2D eigenvalue weighted by Crippen LogP contribution is -2.53. The van der Waals surface area contributed by atoms with Crippen LogP contribution in [0.3, 0.4) is 0 Å². The zero-order valence-corrected chi connectivity index (χ0v) is 16.9. The summed E-state index contributed by atoms with van der Waals surface area (Å²) in [4.78, 5) is 12.2. The van der Waals surface area contributed by atoms with E-state index < -0.39 is 0 Å². The average Bonchev–Trinajstić information content (AvgIpc) is 2.91. The van der Waals surface area contributed by atoms with Crippen molar-refractivity contribution >= 4 is 5.78 Å². The van der Waals surface area contributed by atoms with Gasteiger partial charge in [0.15, 0.2) is 0 Å². The van der Waals surface area contributed by atoms with Crippen LogP contribution in [0.5, 0.6) is 0 Å². The molecule has 4 saturated carbocycles. The molecule has 0 N–H and O–H groups in total. The Balaban J connectivity index is 1.58. The third-order valence-corrected chi connectivity index (χ3v) is 9.85. The van der Waals surface area contributed by atoms with E-state index in [0.29, 0.717) is 22.5 Å². The predicted octanol–water partition coefficient (Wildman–Crippen LogP) is 6.43. The summed E-state index contributed by atoms with van der Waals surface area (Å²) in [6.45, 7) is 13.5. The number of rotatable bonds is 2. The van der Waals surface area contributed by atoms with Crippen LogP contribution in [0.25, 0.3) is 0 Å². The van der Waals surface area contributed by atoms with Gasteiger partial charge < -0.3 is 0 Å². The molecule has 0 radical (unpaired) electrons. The topological polar surface area (TPSA) is 17.1 Å². The Kier molecular flexibility index (Phi) is 4.25. The molecule has 25 heavy (non-hydrogen) atoms. The lowest BCUT2D eigenvalue weighted by atomic mass is 9.44. The molecule has 4 rings (SSSR count). The van der Waals surface area contributed by atoms with Crippen molar-refractivity contribution in [3.8, 4) is 0 Å². The predicted molar refractivity (Wildman–Crippen MR) is 104 cm³/mol. The Bertz CT molecular complexity index is 577. The fourth-order valence-electron chi connectivity index (χ4n) is 8.37. The molecule has 4 fully saturated rings. The third-order valence-electron chi connectivity index (χ3n) is 9.85. The lowest BCUT2D eigenvalue weighted by Gasteiger charge is -2.61. The number of allylic oxidation sites excluding steroid dienone is 1. The van der Waals surface area contributed by atoms with Crippen molar-refractivity contribution in [1.29, 1.82) is 0 Å². The summed E-state index contributed by atoms with van der Waals surface area (Å²) in [6, 6.07) is 0. The van der Waals surface area contributed by atoms with Crippen LogP contribution in [0.15, 0.2) is 12.2 Å². The molecule has 140 valence electrons. The zero-order chi connectivity index (χ0) is 18.0. The van der Waals surface area contributed by atoms with Crippen LogP contribution in [-0.4, -0.2) is 5.78 Å². The van der Waals surface area contributed by atoms with E-state index in [-0.39, 0.29) is 0 Å². The fraction of sp³-hybridized carbons (Fsp3) is 0.875. The van der Waals surface area contributed by atoms with Crippen LogP contribution in [0, 0.1) is 46.3 Å². The molecule has 1 nitrogen and oxygen atoms in total. The van der Waals surface area contributed by atoms with Crippen LogP contribution in [0.2, 0.25) is 0 Å². The van der Waals surface area contributed by atoms with Crippen LogP contribution >= 0.6 is 0 Å². The molecule has 1 heteroatoms. The zero-order valence-electron chi connectivity index (χ0n) is 16.9. The summed E-state index contributed by atoms with van der Waals surface area (Å²) >= 11 is 0. The molecule has 0 bridgehead atoms. The van der Waals surface area contributed by atoms with Gasteiger partial charge in [0.1, 0.15) is 5.78 Å². The van der Waals surface area contributed by atoms with Gasteiger partial charge in [-0.3, -0.25) is 4.79 Å². The van der Waals surface area contributed by atoms with Gasteiger partial charge in [-0.2, -0.15) is 0 Å². The van der Waals surface area contributed by atoms with Crippen molar-refractivity contribution in [2.45, 2.75) is 85.5 Å². The smallest absolute Gasteiger partial charge is 0.133 e. The summed E-state index contributed by atoms with van der Waals surface area (Å²) in [5.74, 6) is 5.13. The molecule has 0 amide bonds. The Morgan fingerprint density at radius 3 is 2.24 bits per heavy atom. The van der Waals surface area contributed by atoms with E-state index in [2.05, 4.69) is 27.4 Å². The van der Waals surface area contributed by atoms with E-state index in [1.165, 1.54) is 56.9 Å². The monoisotopic (exact) mass is 342 g/mol. The highest BCUT2D eigenvalue weighted by molar-refractivity contribution is 5.79. The van der Waals surface area contributed by atoms with Crippen molar-refractivity contribution in [3.05, 3.63) is 12.2 Å². The van der Waals surface area contributed by atoms with Crippen LogP contribution in [0.4, 0.5) is 0 Å². The molecule has 4 aliphatic carbocycles. The molecule has 5 unspecified atom stereocenters. The number of hydrogen-bond acceptors (Lipinski definition) is 1. The second-order valence-electron chi connectivity index (χ2n) is 10.8. The van der Waals surface area contributed by atoms with Gasteiger partial charge in [-0.25, -0.2) is 0 Å². The first kappa shape index (κ1) is 17.8. The minimum Gasteiger partial charge on any atom is -0.300 e. The first-order valence-electron chi connectivity index (χ1n) is 10.9. The largest absolute Gasteiger partial charge is 0.300 e. The Morgan fingerprint density at radius 2 is 1.56 bits per heavy atom. The third kappa shape index (κ3) is 2.51. The van der Waals surface area contributed by atoms with Crippen LogP contribution in [0.1, 0.15) is 85.5 Å². The highest BCUT2D eigenvalue weighted by Crippen LogP contribution is 2.68. The Morgan fingerprint density at radius 1 is 0.880 bits per heavy atom. The van der Waals surface area contributed by atoms with Crippen molar-refractivity contribution in [3.63, 3.8) is 0 Å². The van der Waals surface area contributed by atoms with Gasteiger partial charge in [-0.05, 0) is 112 Å². The molecule has 0 aromatic rings. The van der Waals surface area contributed by atoms with Crippen LogP contribution < -0.4 is 0 Å². The number of carbonyl (C=O) groups excluding carboxylic acids is 1. The van der Waals surface area contributed by atoms with Gasteiger partial charge in [-0.1, -0.05) is 26.0 Å². The highest BCUT2D eigenvalue weighted by atomic mass is 16.1. The summed E-state index contributed by atoms with van der Waals surface area (Å²) in [7, 11) is 0. The van der Waals surface area contributed by atoms with E-state index >= 15 is 0 Å². The highest BCUT2D eigenvalue weighted by Gasteiger charge is 2.60. The van der Waals surface area contributed by atoms with Crippen molar-refractivity contribution in [1.82, 2.24) is 0 Å². The van der Waals surface area contributed by atoms with Gasteiger partial charge >= 0.3 is 0 Å². The molecule has 0 heterocycles. The number of hydrogen-bond donors (Lipinski definition) is 0. The SMILES string of the molecule is C=C(C)C1CC[C@@]2(C)C(CCC3C2CC[C@@]2(C)C3CC[C@@H]2C(C)=O)C1. The quantitative estimate of drug-likeness (QED) is 0.529. The van der Waals surface area contributed by atoms with Gasteiger partial charge in [0.2, 0.25) is 0 Å². The maximum Gasteiger partial charge on any atom is 0.133 e. The molecular weight excluding hydrogens is 304 g/mol. The molecule has 4 aliphatic rings. The van der Waals surface area contributed by atoms with E-state index in [0.717, 1.165) is 36.0 Å². The van der Waals surface area contributed by atoms with Gasteiger partial charge in [0, 0.05) is 5.92 Å². The first-order chi connectivity index (χ1) is 11.8. The first-order valence-corrected chi connectivity index (χ1v) is 10.9. The molecular formula is C24H38O. The van der Waals surface area contributed by atoms with Crippen LogP contribution in [-0.2, 0) is 4.79 Å². The molecule has 0 aromatic carbocycles. The molecule has 0 aliphatic heterocycles. The number of carbonyl (C=O) groups is 1. The molecule has 0 spiro atoms. The average molecular weight is 343 g/mol. The standard InChI is InChI=1S/C24H38O/c1-15(2)17-10-12-23(4)18(14-17)6-7-19-21-9-8-20(16(3)25)24(21,5)13-11-22(19)23/h17-22H,1,6-14H2,2-5H3/t17?,18?,19?,20-,21?,22?,23+,24-/m1/s1. The molecule has 0 aromatic heterocycles. The fourth-order valence-corrected chi connectivity index (χ4v) is 8.37. The lowest BCUT2D eigenvalue weighted by molar-refractivity contribution is -0.134. The molecule has 8 atom stereocenters. The maximum atomic E-state index is 12.2. The van der Waals surface area contributed by atoms with Gasteiger partial charge in [0.25, 0.3) is 0 Å². The van der Waals surface area contributed by atoms with E-state index in [9.17, 15) is 4.79 Å². The van der Waals surface area contributed by atoms with Gasteiger partial charge in [-0.15, -0.1) is 0 Å². The summed E-state index contributed by atoms with van der Waals surface area (Å²) in [6.07, 6.45) is 12.2. The number of ketones is 1. The Labute approximate surface area is 155 Å². The van der Waals surface area contributed by atoms with E-state index in [1.54, 1.807) is 0 Å². The second kappa shape index (κ2) is 5.96. The number of Topliss-reactive ketones (excluding diaryl/α,β-unsaturated/α-hetero) is 1. The van der Waals surface area contributed by atoms with Crippen molar-refractivity contribution < 1.29 is 4.79 Å². The summed E-state index contributed by atoms with van der Waals surface area (Å²) in [5, 5.41) is 0. The summed E-state index contributed by atoms with van der Waals surface area (Å²) < 4.78 is 0. The van der Waals surface area contributed by atoms with Crippen molar-refractivity contribution in [2.24, 2.45) is 46.3 Å². The normalized spacial score (nSPS) is 52.0. The van der Waals surface area contributed by atoms with E-state index in [1.807, 2.05) is 6.92 Å². The van der Waals surface area contributed by atoms with E-state index in [4.69, 9.17) is 0 Å². The molecule has 0 saturated heterocycles. The minimum atomic E-state index is 0.311. The van der Waals surface area contributed by atoms with Crippen molar-refractivity contribution in [2.75, 3.05) is 0 Å². The second-order valence-corrected chi connectivity index (χ2v) is 10.8. The number of fused-ring (bicyclic) bond motifs is 5. The maximum absolute atomic E-state index is 12.2. The Hall–Kier alpha value is -0.590.